The van der Waals surface area contributed by atoms with E-state index in [4.69, 9.17) is 0 Å². The molecule has 0 unspecified atom stereocenters. The molecule has 0 aliphatic rings. The number of aryl methyl sites for hydroxylation is 2. The van der Waals surface area contributed by atoms with E-state index >= 15 is 0 Å². The van der Waals surface area contributed by atoms with Crippen molar-refractivity contribution in [3.05, 3.63) is 96.2 Å². The van der Waals surface area contributed by atoms with Gasteiger partial charge in [-0.05, 0) is 43.7 Å². The number of aromatic nitrogens is 2. The highest BCUT2D eigenvalue weighted by molar-refractivity contribution is 7.92. The summed E-state index contributed by atoms with van der Waals surface area (Å²) in [4.78, 5) is 17.0. The van der Waals surface area contributed by atoms with Gasteiger partial charge in [-0.25, -0.2) is 13.4 Å². The van der Waals surface area contributed by atoms with Crippen LogP contribution in [0.5, 0.6) is 0 Å². The summed E-state index contributed by atoms with van der Waals surface area (Å²) in [5, 5.41) is 2.49. The number of carbonyl (C=O) groups is 1. The summed E-state index contributed by atoms with van der Waals surface area (Å²) < 4.78 is 28.0. The number of nitrogens with one attached hydrogen (secondary N) is 1. The van der Waals surface area contributed by atoms with E-state index in [2.05, 4.69) is 10.3 Å². The summed E-state index contributed by atoms with van der Waals surface area (Å²) in [5.74, 6) is -1.33. The van der Waals surface area contributed by atoms with Crippen molar-refractivity contribution in [2.75, 3.05) is 11.1 Å². The summed E-state index contributed by atoms with van der Waals surface area (Å²) in [7, 11) is -4.03. The number of imidazole rings is 1. The van der Waals surface area contributed by atoms with Gasteiger partial charge in [-0.15, -0.1) is 0 Å². The van der Waals surface area contributed by atoms with Gasteiger partial charge in [-0.2, -0.15) is 0 Å². The molecular weight excluding hydrogens is 422 g/mol. The van der Waals surface area contributed by atoms with Gasteiger partial charge in [0, 0.05) is 23.1 Å². The molecule has 3 aromatic carbocycles. The first-order valence-corrected chi connectivity index (χ1v) is 11.8. The topological polar surface area (TPSA) is 81.1 Å². The van der Waals surface area contributed by atoms with E-state index in [9.17, 15) is 13.2 Å². The van der Waals surface area contributed by atoms with Crippen LogP contribution in [0.25, 0.3) is 16.9 Å². The van der Waals surface area contributed by atoms with Crippen molar-refractivity contribution in [3.63, 3.8) is 0 Å². The number of anilines is 1. The highest BCUT2D eigenvalue weighted by Crippen LogP contribution is 2.25. The Balaban J connectivity index is 1.70. The highest BCUT2D eigenvalue weighted by Gasteiger charge is 2.27. The molecule has 6 nitrogen and oxygen atoms in total. The SMILES string of the molecule is Cc1ccc(-n2cc(-c3ccccc3)nc2S(=O)(=O)CC(=O)Nc2cccc(C)c2)cc1. The number of rotatable bonds is 6. The number of amides is 1. The fraction of sp³-hybridized carbons (Fsp3) is 0.120. The Hall–Kier alpha value is -3.71. The molecule has 0 atom stereocenters. The molecule has 1 amide bonds. The Morgan fingerprint density at radius 1 is 0.906 bits per heavy atom. The van der Waals surface area contributed by atoms with Crippen LogP contribution in [-0.4, -0.2) is 29.6 Å². The van der Waals surface area contributed by atoms with Gasteiger partial charge in [0.1, 0.15) is 5.75 Å². The monoisotopic (exact) mass is 445 g/mol. The smallest absolute Gasteiger partial charge is 0.240 e. The van der Waals surface area contributed by atoms with Crippen molar-refractivity contribution in [1.29, 1.82) is 0 Å². The Kier molecular flexibility index (Phi) is 5.92. The van der Waals surface area contributed by atoms with Crippen molar-refractivity contribution in [1.82, 2.24) is 9.55 Å². The summed E-state index contributed by atoms with van der Waals surface area (Å²) in [6.07, 6.45) is 1.69. The highest BCUT2D eigenvalue weighted by atomic mass is 32.2. The second-order valence-corrected chi connectivity index (χ2v) is 9.54. The number of nitrogens with zero attached hydrogens (tertiary/aromatic N) is 2. The van der Waals surface area contributed by atoms with E-state index < -0.39 is 21.5 Å². The number of hydrogen-bond donors (Lipinski definition) is 1. The zero-order valence-electron chi connectivity index (χ0n) is 17.8. The molecule has 0 aliphatic heterocycles. The van der Waals surface area contributed by atoms with Gasteiger partial charge in [0.2, 0.25) is 20.9 Å². The molecule has 1 N–H and O–H groups in total. The third-order valence-corrected chi connectivity index (χ3v) is 6.44. The van der Waals surface area contributed by atoms with Crippen LogP contribution in [0.2, 0.25) is 0 Å². The van der Waals surface area contributed by atoms with E-state index in [1.54, 1.807) is 24.4 Å². The van der Waals surface area contributed by atoms with Crippen molar-refractivity contribution >= 4 is 21.4 Å². The van der Waals surface area contributed by atoms with Crippen LogP contribution >= 0.6 is 0 Å². The Labute approximate surface area is 187 Å². The van der Waals surface area contributed by atoms with Crippen LogP contribution in [0, 0.1) is 13.8 Å². The van der Waals surface area contributed by atoms with Crippen LogP contribution in [0.3, 0.4) is 0 Å². The largest absolute Gasteiger partial charge is 0.325 e. The van der Waals surface area contributed by atoms with E-state index in [0.717, 1.165) is 16.7 Å². The average Bonchev–Trinajstić information content (AvgIpc) is 3.21. The van der Waals surface area contributed by atoms with Crippen LogP contribution < -0.4 is 5.32 Å². The minimum Gasteiger partial charge on any atom is -0.325 e. The van der Waals surface area contributed by atoms with Gasteiger partial charge < -0.3 is 5.32 Å². The average molecular weight is 446 g/mol. The van der Waals surface area contributed by atoms with Gasteiger partial charge in [0.05, 0.1) is 5.69 Å². The Morgan fingerprint density at radius 2 is 1.62 bits per heavy atom. The molecule has 162 valence electrons. The van der Waals surface area contributed by atoms with Gasteiger partial charge in [-0.3, -0.25) is 9.36 Å². The standard InChI is InChI=1S/C25H23N3O3S/c1-18-11-13-22(14-12-18)28-16-23(20-8-4-3-5-9-20)27-25(28)32(30,31)17-24(29)26-21-10-6-7-19(2)15-21/h3-16H,17H2,1-2H3,(H,26,29). The maximum atomic E-state index is 13.3. The van der Waals surface area contributed by atoms with Crippen molar-refractivity contribution in [3.8, 4) is 16.9 Å². The third-order valence-electron chi connectivity index (χ3n) is 4.96. The normalized spacial score (nSPS) is 11.3. The van der Waals surface area contributed by atoms with Crippen molar-refractivity contribution in [2.45, 2.75) is 19.0 Å². The fourth-order valence-corrected chi connectivity index (χ4v) is 4.62. The number of sulfone groups is 1. The van der Waals surface area contributed by atoms with Gasteiger partial charge in [0.15, 0.2) is 0 Å². The maximum Gasteiger partial charge on any atom is 0.240 e. The lowest BCUT2D eigenvalue weighted by molar-refractivity contribution is -0.113. The minimum atomic E-state index is -4.03. The lowest BCUT2D eigenvalue weighted by atomic mass is 10.2. The number of benzene rings is 3. The van der Waals surface area contributed by atoms with Crippen LogP contribution in [0.4, 0.5) is 5.69 Å². The van der Waals surface area contributed by atoms with E-state index in [1.807, 2.05) is 74.5 Å². The predicted octanol–water partition coefficient (Wildman–Crippen LogP) is 4.57. The van der Waals surface area contributed by atoms with Gasteiger partial charge >= 0.3 is 0 Å². The second kappa shape index (κ2) is 8.80. The van der Waals surface area contributed by atoms with E-state index in [1.165, 1.54) is 4.57 Å². The molecule has 0 radical (unpaired) electrons. The molecule has 0 aliphatic carbocycles. The molecule has 0 spiro atoms. The zero-order chi connectivity index (χ0) is 22.7. The zero-order valence-corrected chi connectivity index (χ0v) is 18.6. The molecule has 4 rings (SSSR count). The predicted molar refractivity (Wildman–Crippen MR) is 126 cm³/mol. The molecule has 0 bridgehead atoms. The second-order valence-electron chi connectivity index (χ2n) is 7.66. The van der Waals surface area contributed by atoms with Crippen LogP contribution in [0.15, 0.2) is 90.2 Å². The molecule has 0 saturated carbocycles. The quantitative estimate of drug-likeness (QED) is 0.471. The Morgan fingerprint density at radius 3 is 2.31 bits per heavy atom. The van der Waals surface area contributed by atoms with Crippen LogP contribution in [0.1, 0.15) is 11.1 Å². The van der Waals surface area contributed by atoms with Crippen molar-refractivity contribution < 1.29 is 13.2 Å². The number of hydrogen-bond acceptors (Lipinski definition) is 4. The third kappa shape index (κ3) is 4.78. The van der Waals surface area contributed by atoms with Crippen LogP contribution in [-0.2, 0) is 14.6 Å². The Bertz CT molecular complexity index is 1360. The summed E-state index contributed by atoms with van der Waals surface area (Å²) in [5.41, 5.74) is 4.54. The molecule has 32 heavy (non-hydrogen) atoms. The maximum absolute atomic E-state index is 13.3. The lowest BCUT2D eigenvalue weighted by Crippen LogP contribution is -2.25. The molecule has 1 aromatic heterocycles. The first-order valence-electron chi connectivity index (χ1n) is 10.1. The first kappa shape index (κ1) is 21.5. The molecule has 1 heterocycles. The minimum absolute atomic E-state index is 0.167. The molecule has 0 saturated heterocycles. The van der Waals surface area contributed by atoms with E-state index in [0.29, 0.717) is 17.1 Å². The van der Waals surface area contributed by atoms with Gasteiger partial charge in [0.25, 0.3) is 0 Å². The summed E-state index contributed by atoms with van der Waals surface area (Å²) in [6, 6.07) is 24.0. The van der Waals surface area contributed by atoms with E-state index in [-0.39, 0.29) is 5.16 Å². The number of carbonyl (C=O) groups excluding carboxylic acids is 1. The molecule has 0 fully saturated rings. The molecule has 7 heteroatoms. The lowest BCUT2D eigenvalue weighted by Gasteiger charge is -2.10. The fourth-order valence-electron chi connectivity index (χ4n) is 3.38. The summed E-state index contributed by atoms with van der Waals surface area (Å²) in [6.45, 7) is 3.86. The molecule has 4 aromatic rings. The van der Waals surface area contributed by atoms with Crippen molar-refractivity contribution in [2.24, 2.45) is 0 Å². The van der Waals surface area contributed by atoms with Gasteiger partial charge in [-0.1, -0.05) is 60.2 Å². The first-order chi connectivity index (χ1) is 15.3. The summed E-state index contributed by atoms with van der Waals surface area (Å²) >= 11 is 0. The molecular formula is C25H23N3O3S.